The standard InChI is InChI=1S/C14H17N3OS/c1-10-9-19-14(17-10)12-5-3-2-4-11(12)8-16-13(18)6-7-15/h2-5,9H,6-8,15H2,1H3,(H,16,18). The number of thiazole rings is 1. The van der Waals surface area contributed by atoms with Gasteiger partial charge in [-0.15, -0.1) is 11.3 Å². The van der Waals surface area contributed by atoms with Gasteiger partial charge in [-0.1, -0.05) is 24.3 Å². The molecule has 0 fully saturated rings. The number of carbonyl (C=O) groups is 1. The maximum Gasteiger partial charge on any atom is 0.221 e. The third-order valence-corrected chi connectivity index (χ3v) is 3.71. The highest BCUT2D eigenvalue weighted by Crippen LogP contribution is 2.26. The number of nitrogens with zero attached hydrogens (tertiary/aromatic N) is 1. The Morgan fingerprint density at radius 3 is 2.89 bits per heavy atom. The fraction of sp³-hybridized carbons (Fsp3) is 0.286. The monoisotopic (exact) mass is 275 g/mol. The number of carbonyl (C=O) groups excluding carboxylic acids is 1. The lowest BCUT2D eigenvalue weighted by atomic mass is 10.1. The van der Waals surface area contributed by atoms with Crippen LogP contribution in [0.25, 0.3) is 10.6 Å². The van der Waals surface area contributed by atoms with Gasteiger partial charge in [-0.25, -0.2) is 4.98 Å². The number of rotatable bonds is 5. The highest BCUT2D eigenvalue weighted by molar-refractivity contribution is 7.13. The Morgan fingerprint density at radius 1 is 1.42 bits per heavy atom. The van der Waals surface area contributed by atoms with E-state index in [1.54, 1.807) is 11.3 Å². The van der Waals surface area contributed by atoms with Crippen LogP contribution in [0, 0.1) is 6.92 Å². The van der Waals surface area contributed by atoms with Crippen molar-refractivity contribution in [2.24, 2.45) is 5.73 Å². The van der Waals surface area contributed by atoms with Gasteiger partial charge in [0.1, 0.15) is 5.01 Å². The minimum absolute atomic E-state index is 0.0207. The second-order valence-electron chi connectivity index (χ2n) is 4.27. The van der Waals surface area contributed by atoms with Crippen LogP contribution in [0.1, 0.15) is 17.7 Å². The number of aryl methyl sites for hydroxylation is 1. The van der Waals surface area contributed by atoms with E-state index in [4.69, 9.17) is 5.73 Å². The molecule has 100 valence electrons. The van der Waals surface area contributed by atoms with Crippen molar-refractivity contribution in [1.29, 1.82) is 0 Å². The van der Waals surface area contributed by atoms with Crippen molar-refractivity contribution in [1.82, 2.24) is 10.3 Å². The van der Waals surface area contributed by atoms with Gasteiger partial charge in [-0.2, -0.15) is 0 Å². The van der Waals surface area contributed by atoms with E-state index in [2.05, 4.69) is 10.3 Å². The number of benzene rings is 1. The molecule has 0 bridgehead atoms. The lowest BCUT2D eigenvalue weighted by Gasteiger charge is -2.08. The molecule has 1 aromatic heterocycles. The van der Waals surface area contributed by atoms with Crippen molar-refractivity contribution < 1.29 is 4.79 Å². The first-order valence-corrected chi connectivity index (χ1v) is 7.06. The van der Waals surface area contributed by atoms with E-state index >= 15 is 0 Å². The molecular formula is C14H17N3OS. The van der Waals surface area contributed by atoms with Crippen molar-refractivity contribution in [3.63, 3.8) is 0 Å². The third kappa shape index (κ3) is 3.62. The molecule has 0 unspecified atom stereocenters. The van der Waals surface area contributed by atoms with Crippen LogP contribution >= 0.6 is 11.3 Å². The summed E-state index contributed by atoms with van der Waals surface area (Å²) in [5, 5.41) is 5.89. The van der Waals surface area contributed by atoms with Gasteiger partial charge in [-0.05, 0) is 12.5 Å². The van der Waals surface area contributed by atoms with Crippen molar-refractivity contribution in [3.8, 4) is 10.6 Å². The van der Waals surface area contributed by atoms with Gasteiger partial charge in [0.25, 0.3) is 0 Å². The van der Waals surface area contributed by atoms with Crippen LogP contribution in [0.2, 0.25) is 0 Å². The van der Waals surface area contributed by atoms with E-state index in [9.17, 15) is 4.79 Å². The normalized spacial score (nSPS) is 10.4. The van der Waals surface area contributed by atoms with E-state index in [1.165, 1.54) is 0 Å². The average Bonchev–Trinajstić information content (AvgIpc) is 2.84. The van der Waals surface area contributed by atoms with Gasteiger partial charge < -0.3 is 11.1 Å². The number of nitrogens with one attached hydrogen (secondary N) is 1. The number of hydrogen-bond acceptors (Lipinski definition) is 4. The van der Waals surface area contributed by atoms with Gasteiger partial charge in [0.05, 0.1) is 0 Å². The first kappa shape index (κ1) is 13.7. The lowest BCUT2D eigenvalue weighted by Crippen LogP contribution is -2.25. The maximum absolute atomic E-state index is 11.5. The SMILES string of the molecule is Cc1csc(-c2ccccc2CNC(=O)CCN)n1. The zero-order chi connectivity index (χ0) is 13.7. The summed E-state index contributed by atoms with van der Waals surface area (Å²) in [5.74, 6) is -0.0207. The maximum atomic E-state index is 11.5. The molecule has 2 rings (SSSR count). The van der Waals surface area contributed by atoms with Crippen LogP contribution in [0.4, 0.5) is 0 Å². The number of aromatic nitrogens is 1. The molecule has 0 aliphatic rings. The predicted octanol–water partition coefficient (Wildman–Crippen LogP) is 2.08. The number of nitrogens with two attached hydrogens (primary N) is 1. The smallest absolute Gasteiger partial charge is 0.221 e. The molecule has 0 saturated carbocycles. The van der Waals surface area contributed by atoms with Crippen molar-refractivity contribution in [3.05, 3.63) is 40.9 Å². The highest BCUT2D eigenvalue weighted by atomic mass is 32.1. The largest absolute Gasteiger partial charge is 0.352 e. The Kier molecular flexibility index (Phi) is 4.65. The molecule has 2 aromatic rings. The molecule has 3 N–H and O–H groups in total. The Bertz CT molecular complexity index is 565. The minimum Gasteiger partial charge on any atom is -0.352 e. The average molecular weight is 275 g/mol. The van der Waals surface area contributed by atoms with Gasteiger partial charge in [0.15, 0.2) is 0 Å². The van der Waals surface area contributed by atoms with Crippen molar-refractivity contribution in [2.75, 3.05) is 6.54 Å². The summed E-state index contributed by atoms with van der Waals surface area (Å²) in [6.07, 6.45) is 0.360. The van der Waals surface area contributed by atoms with E-state index in [0.29, 0.717) is 19.5 Å². The van der Waals surface area contributed by atoms with Crippen LogP contribution in [0.5, 0.6) is 0 Å². The Balaban J connectivity index is 2.15. The van der Waals surface area contributed by atoms with E-state index in [0.717, 1.165) is 21.8 Å². The summed E-state index contributed by atoms with van der Waals surface area (Å²) in [7, 11) is 0. The molecule has 19 heavy (non-hydrogen) atoms. The summed E-state index contributed by atoms with van der Waals surface area (Å²) in [4.78, 5) is 16.0. The van der Waals surface area contributed by atoms with Crippen molar-refractivity contribution in [2.45, 2.75) is 19.9 Å². The van der Waals surface area contributed by atoms with E-state index in [1.807, 2.05) is 36.6 Å². The van der Waals surface area contributed by atoms with Gasteiger partial charge >= 0.3 is 0 Å². The fourth-order valence-electron chi connectivity index (χ4n) is 1.77. The Morgan fingerprint density at radius 2 is 2.21 bits per heavy atom. The van der Waals surface area contributed by atoms with Crippen LogP contribution in [0.3, 0.4) is 0 Å². The third-order valence-electron chi connectivity index (χ3n) is 2.71. The lowest BCUT2D eigenvalue weighted by molar-refractivity contribution is -0.121. The molecule has 0 atom stereocenters. The zero-order valence-electron chi connectivity index (χ0n) is 10.8. The second-order valence-corrected chi connectivity index (χ2v) is 5.12. The summed E-state index contributed by atoms with van der Waals surface area (Å²) < 4.78 is 0. The van der Waals surface area contributed by atoms with Crippen LogP contribution < -0.4 is 11.1 Å². The molecule has 5 heteroatoms. The van der Waals surface area contributed by atoms with E-state index in [-0.39, 0.29) is 5.91 Å². The Hall–Kier alpha value is -1.72. The van der Waals surface area contributed by atoms with Crippen LogP contribution in [-0.2, 0) is 11.3 Å². The molecule has 0 aliphatic heterocycles. The molecule has 4 nitrogen and oxygen atoms in total. The zero-order valence-corrected chi connectivity index (χ0v) is 11.7. The summed E-state index contributed by atoms with van der Waals surface area (Å²) in [6.45, 7) is 2.86. The molecule has 1 amide bonds. The molecule has 1 heterocycles. The quantitative estimate of drug-likeness (QED) is 0.878. The first-order chi connectivity index (χ1) is 9.20. The second kappa shape index (κ2) is 6.45. The molecule has 0 radical (unpaired) electrons. The molecule has 0 spiro atoms. The molecule has 1 aromatic carbocycles. The number of amides is 1. The Labute approximate surface area is 116 Å². The van der Waals surface area contributed by atoms with E-state index < -0.39 is 0 Å². The van der Waals surface area contributed by atoms with Gasteiger partial charge in [0, 0.05) is 36.1 Å². The summed E-state index contributed by atoms with van der Waals surface area (Å²) in [6, 6.07) is 7.99. The summed E-state index contributed by atoms with van der Waals surface area (Å²) in [5.41, 5.74) is 8.52. The summed E-state index contributed by atoms with van der Waals surface area (Å²) >= 11 is 1.62. The molecular weight excluding hydrogens is 258 g/mol. The van der Waals surface area contributed by atoms with Gasteiger partial charge in [0.2, 0.25) is 5.91 Å². The topological polar surface area (TPSA) is 68.0 Å². The molecule has 0 aliphatic carbocycles. The first-order valence-electron chi connectivity index (χ1n) is 6.18. The van der Waals surface area contributed by atoms with Crippen molar-refractivity contribution >= 4 is 17.2 Å². The molecule has 0 saturated heterocycles. The number of hydrogen-bond donors (Lipinski definition) is 2. The highest BCUT2D eigenvalue weighted by Gasteiger charge is 2.08. The predicted molar refractivity (Wildman–Crippen MR) is 77.8 cm³/mol. The van der Waals surface area contributed by atoms with Gasteiger partial charge in [-0.3, -0.25) is 4.79 Å². The minimum atomic E-state index is -0.0207. The van der Waals surface area contributed by atoms with Crippen LogP contribution in [0.15, 0.2) is 29.6 Å². The fourth-order valence-corrected chi connectivity index (χ4v) is 2.63. The van der Waals surface area contributed by atoms with Crippen LogP contribution in [-0.4, -0.2) is 17.4 Å².